The minimum absolute atomic E-state index is 0.0583. The molecule has 18 heavy (non-hydrogen) atoms. The van der Waals surface area contributed by atoms with Gasteiger partial charge in [-0.05, 0) is 25.0 Å². The standard InChI is InChI=1S/C14H22N2O2/c1-3-10-8-9-13(18-10)14(17)16(2)12-7-5-4-6-11(12)15/h8-9,11-12H,3-7,15H2,1-2H3. The second-order valence-electron chi connectivity index (χ2n) is 5.05. The molecule has 0 spiro atoms. The molecule has 1 aliphatic carbocycles. The van der Waals surface area contributed by atoms with E-state index in [9.17, 15) is 4.79 Å². The largest absolute Gasteiger partial charge is 0.456 e. The second-order valence-corrected chi connectivity index (χ2v) is 5.05. The van der Waals surface area contributed by atoms with Crippen LogP contribution in [-0.2, 0) is 6.42 Å². The number of rotatable bonds is 3. The van der Waals surface area contributed by atoms with Gasteiger partial charge in [-0.2, -0.15) is 0 Å². The highest BCUT2D eigenvalue weighted by molar-refractivity contribution is 5.91. The number of likely N-dealkylation sites (N-methyl/N-ethyl adjacent to an activating group) is 1. The third-order valence-electron chi connectivity index (χ3n) is 3.82. The summed E-state index contributed by atoms with van der Waals surface area (Å²) >= 11 is 0. The number of hydrogen-bond acceptors (Lipinski definition) is 3. The van der Waals surface area contributed by atoms with Gasteiger partial charge >= 0.3 is 0 Å². The van der Waals surface area contributed by atoms with E-state index in [1.54, 1.807) is 11.0 Å². The molecule has 0 saturated heterocycles. The summed E-state index contributed by atoms with van der Waals surface area (Å²) in [5, 5.41) is 0. The fraction of sp³-hybridized carbons (Fsp3) is 0.643. The molecule has 0 aliphatic heterocycles. The smallest absolute Gasteiger partial charge is 0.289 e. The van der Waals surface area contributed by atoms with Gasteiger partial charge in [-0.1, -0.05) is 19.8 Å². The lowest BCUT2D eigenvalue weighted by molar-refractivity contribution is 0.0638. The van der Waals surface area contributed by atoms with Crippen LogP contribution in [0.15, 0.2) is 16.5 Å². The quantitative estimate of drug-likeness (QED) is 0.894. The zero-order chi connectivity index (χ0) is 13.1. The molecular weight excluding hydrogens is 228 g/mol. The number of amides is 1. The maximum absolute atomic E-state index is 12.3. The summed E-state index contributed by atoms with van der Waals surface area (Å²) in [7, 11) is 1.83. The fourth-order valence-corrected chi connectivity index (χ4v) is 2.63. The van der Waals surface area contributed by atoms with Crippen molar-refractivity contribution in [3.8, 4) is 0 Å². The molecule has 2 rings (SSSR count). The summed E-state index contributed by atoms with van der Waals surface area (Å²) in [6.07, 6.45) is 5.11. The second kappa shape index (κ2) is 5.57. The van der Waals surface area contributed by atoms with Gasteiger partial charge in [0.25, 0.3) is 5.91 Å². The molecule has 1 saturated carbocycles. The Kier molecular flexibility index (Phi) is 4.07. The van der Waals surface area contributed by atoms with Gasteiger partial charge in [-0.15, -0.1) is 0 Å². The van der Waals surface area contributed by atoms with Crippen LogP contribution in [0, 0.1) is 0 Å². The first-order valence-corrected chi connectivity index (χ1v) is 6.75. The molecule has 4 heteroatoms. The zero-order valence-corrected chi connectivity index (χ0v) is 11.2. The van der Waals surface area contributed by atoms with Gasteiger partial charge in [0.15, 0.2) is 5.76 Å². The van der Waals surface area contributed by atoms with Gasteiger partial charge in [-0.3, -0.25) is 4.79 Å². The number of carbonyl (C=O) groups excluding carboxylic acids is 1. The average molecular weight is 250 g/mol. The van der Waals surface area contributed by atoms with Crippen LogP contribution in [0.3, 0.4) is 0 Å². The molecule has 2 atom stereocenters. The maximum atomic E-state index is 12.3. The monoisotopic (exact) mass is 250 g/mol. The Morgan fingerprint density at radius 3 is 2.78 bits per heavy atom. The highest BCUT2D eigenvalue weighted by atomic mass is 16.4. The number of furan rings is 1. The number of hydrogen-bond donors (Lipinski definition) is 1. The van der Waals surface area contributed by atoms with Gasteiger partial charge in [0, 0.05) is 25.6 Å². The van der Waals surface area contributed by atoms with Crippen molar-refractivity contribution in [3.05, 3.63) is 23.7 Å². The van der Waals surface area contributed by atoms with E-state index in [1.807, 2.05) is 20.0 Å². The van der Waals surface area contributed by atoms with Gasteiger partial charge in [0.05, 0.1) is 0 Å². The van der Waals surface area contributed by atoms with Crippen molar-refractivity contribution in [3.63, 3.8) is 0 Å². The molecule has 1 amide bonds. The summed E-state index contributed by atoms with van der Waals surface area (Å²) in [4.78, 5) is 14.0. The molecule has 1 aromatic heterocycles. The lowest BCUT2D eigenvalue weighted by Gasteiger charge is -2.35. The Bertz CT molecular complexity index is 414. The lowest BCUT2D eigenvalue weighted by Crippen LogP contribution is -2.50. The van der Waals surface area contributed by atoms with Crippen molar-refractivity contribution in [2.45, 2.75) is 51.1 Å². The van der Waals surface area contributed by atoms with E-state index in [-0.39, 0.29) is 18.0 Å². The Labute approximate surface area is 108 Å². The van der Waals surface area contributed by atoms with E-state index < -0.39 is 0 Å². The number of carbonyl (C=O) groups is 1. The van der Waals surface area contributed by atoms with E-state index in [0.717, 1.165) is 31.4 Å². The predicted molar refractivity (Wildman–Crippen MR) is 70.4 cm³/mol. The average Bonchev–Trinajstić information content (AvgIpc) is 2.86. The Morgan fingerprint density at radius 2 is 2.17 bits per heavy atom. The molecule has 1 fully saturated rings. The summed E-state index contributed by atoms with van der Waals surface area (Å²) in [6.45, 7) is 2.01. The first-order chi connectivity index (χ1) is 8.63. The van der Waals surface area contributed by atoms with Crippen LogP contribution in [0.1, 0.15) is 48.9 Å². The zero-order valence-electron chi connectivity index (χ0n) is 11.2. The van der Waals surface area contributed by atoms with Crippen molar-refractivity contribution in [2.75, 3.05) is 7.05 Å². The number of nitrogens with two attached hydrogens (primary N) is 1. The van der Waals surface area contributed by atoms with Crippen molar-refractivity contribution < 1.29 is 9.21 Å². The molecule has 1 aromatic rings. The van der Waals surface area contributed by atoms with E-state index >= 15 is 0 Å². The Hall–Kier alpha value is -1.29. The third-order valence-corrected chi connectivity index (χ3v) is 3.82. The van der Waals surface area contributed by atoms with Gasteiger partial charge in [0.2, 0.25) is 0 Å². The lowest BCUT2D eigenvalue weighted by atomic mass is 9.90. The molecule has 1 heterocycles. The summed E-state index contributed by atoms with van der Waals surface area (Å²) < 4.78 is 5.51. The SMILES string of the molecule is CCc1ccc(C(=O)N(C)C2CCCCC2N)o1. The van der Waals surface area contributed by atoms with Gasteiger partial charge in [0.1, 0.15) is 5.76 Å². The number of nitrogens with zero attached hydrogens (tertiary/aromatic N) is 1. The number of aryl methyl sites for hydroxylation is 1. The molecule has 0 bridgehead atoms. The molecule has 0 aromatic carbocycles. The van der Waals surface area contributed by atoms with Crippen molar-refractivity contribution >= 4 is 5.91 Å². The van der Waals surface area contributed by atoms with E-state index in [1.165, 1.54) is 6.42 Å². The van der Waals surface area contributed by atoms with Gasteiger partial charge < -0.3 is 15.1 Å². The van der Waals surface area contributed by atoms with E-state index in [2.05, 4.69) is 0 Å². The van der Waals surface area contributed by atoms with E-state index in [4.69, 9.17) is 10.2 Å². The van der Waals surface area contributed by atoms with Crippen LogP contribution in [0.5, 0.6) is 0 Å². The van der Waals surface area contributed by atoms with Crippen LogP contribution in [0.4, 0.5) is 0 Å². The summed E-state index contributed by atoms with van der Waals surface area (Å²) in [6, 6.07) is 3.85. The van der Waals surface area contributed by atoms with Crippen LogP contribution >= 0.6 is 0 Å². The van der Waals surface area contributed by atoms with Crippen LogP contribution in [0.25, 0.3) is 0 Å². The third kappa shape index (κ3) is 2.58. The molecule has 4 nitrogen and oxygen atoms in total. The predicted octanol–water partition coefficient (Wildman–Crippen LogP) is 2.18. The highest BCUT2D eigenvalue weighted by Crippen LogP contribution is 2.22. The van der Waals surface area contributed by atoms with Crippen molar-refractivity contribution in [1.29, 1.82) is 0 Å². The van der Waals surface area contributed by atoms with E-state index in [0.29, 0.717) is 5.76 Å². The maximum Gasteiger partial charge on any atom is 0.289 e. The van der Waals surface area contributed by atoms with Crippen LogP contribution in [-0.4, -0.2) is 29.9 Å². The molecule has 2 unspecified atom stereocenters. The minimum Gasteiger partial charge on any atom is -0.456 e. The molecule has 0 radical (unpaired) electrons. The molecule has 2 N–H and O–H groups in total. The first-order valence-electron chi connectivity index (χ1n) is 6.75. The first kappa shape index (κ1) is 13.1. The minimum atomic E-state index is -0.0583. The van der Waals surface area contributed by atoms with Crippen LogP contribution < -0.4 is 5.73 Å². The van der Waals surface area contributed by atoms with Crippen molar-refractivity contribution in [2.24, 2.45) is 5.73 Å². The summed E-state index contributed by atoms with van der Waals surface area (Å²) in [5.41, 5.74) is 6.10. The highest BCUT2D eigenvalue weighted by Gasteiger charge is 2.29. The van der Waals surface area contributed by atoms with Gasteiger partial charge in [-0.25, -0.2) is 0 Å². The Morgan fingerprint density at radius 1 is 1.44 bits per heavy atom. The normalized spacial score (nSPS) is 23.9. The molecular formula is C14H22N2O2. The Balaban J connectivity index is 2.07. The molecule has 1 aliphatic rings. The summed E-state index contributed by atoms with van der Waals surface area (Å²) in [5.74, 6) is 1.21. The fourth-order valence-electron chi connectivity index (χ4n) is 2.63. The molecule has 100 valence electrons. The topological polar surface area (TPSA) is 59.5 Å². The van der Waals surface area contributed by atoms with Crippen molar-refractivity contribution in [1.82, 2.24) is 4.90 Å². The van der Waals surface area contributed by atoms with Crippen LogP contribution in [0.2, 0.25) is 0 Å².